The van der Waals surface area contributed by atoms with E-state index in [4.69, 9.17) is 5.26 Å². The van der Waals surface area contributed by atoms with Crippen LogP contribution in [-0.4, -0.2) is 28.8 Å². The number of aromatic nitrogens is 1. The van der Waals surface area contributed by atoms with Crippen LogP contribution >= 0.6 is 0 Å². The molecule has 0 aliphatic heterocycles. The summed E-state index contributed by atoms with van der Waals surface area (Å²) in [5.41, 5.74) is 0.601. The highest BCUT2D eigenvalue weighted by Crippen LogP contribution is 2.19. The van der Waals surface area contributed by atoms with Gasteiger partial charge in [-0.05, 0) is 39.8 Å². The maximum Gasteiger partial charge on any atom is 0.146 e. The van der Waals surface area contributed by atoms with E-state index in [1.54, 1.807) is 19.9 Å². The number of pyridine rings is 1. The number of aryl methyl sites for hydroxylation is 1. The third kappa shape index (κ3) is 3.72. The Morgan fingerprint density at radius 2 is 2.12 bits per heavy atom. The van der Waals surface area contributed by atoms with Crippen LogP contribution in [-0.2, 0) is 0 Å². The first-order valence-corrected chi connectivity index (χ1v) is 5.72. The fourth-order valence-corrected chi connectivity index (χ4v) is 1.67. The van der Waals surface area contributed by atoms with E-state index in [1.807, 2.05) is 24.8 Å². The molecule has 0 saturated carbocycles. The minimum Gasteiger partial charge on any atom is -0.389 e. The molecule has 0 spiro atoms. The Kier molecular flexibility index (Phi) is 4.08. The quantitative estimate of drug-likeness (QED) is 0.862. The number of anilines is 1. The van der Waals surface area contributed by atoms with E-state index < -0.39 is 5.60 Å². The topological polar surface area (TPSA) is 60.1 Å². The first kappa shape index (κ1) is 13.5. The van der Waals surface area contributed by atoms with Crippen LogP contribution in [0.1, 0.15) is 32.0 Å². The summed E-state index contributed by atoms with van der Waals surface area (Å²) in [5, 5.41) is 18.9. The highest BCUT2D eigenvalue weighted by molar-refractivity contribution is 5.54. The Morgan fingerprint density at radius 1 is 1.47 bits per heavy atom. The van der Waals surface area contributed by atoms with E-state index in [-0.39, 0.29) is 0 Å². The van der Waals surface area contributed by atoms with Crippen LogP contribution in [0, 0.1) is 18.3 Å². The molecular weight excluding hydrogens is 214 g/mol. The van der Waals surface area contributed by atoms with Crippen LogP contribution in [0.2, 0.25) is 0 Å². The number of aliphatic hydroxyl groups is 1. The molecule has 0 radical (unpaired) electrons. The summed E-state index contributed by atoms with van der Waals surface area (Å²) < 4.78 is 0. The normalized spacial score (nSPS) is 11.1. The first-order valence-electron chi connectivity index (χ1n) is 5.72. The predicted molar refractivity (Wildman–Crippen MR) is 67.9 cm³/mol. The Bertz CT molecular complexity index is 429. The highest BCUT2D eigenvalue weighted by Gasteiger charge is 2.20. The van der Waals surface area contributed by atoms with Crippen molar-refractivity contribution in [3.8, 4) is 6.07 Å². The van der Waals surface area contributed by atoms with Crippen molar-refractivity contribution in [2.24, 2.45) is 0 Å². The van der Waals surface area contributed by atoms with Crippen LogP contribution in [0.4, 0.5) is 5.82 Å². The molecular formula is C13H19N3O. The number of likely N-dealkylation sites (N-methyl/N-ethyl adjacent to an activating group) is 1. The first-order chi connectivity index (χ1) is 7.87. The van der Waals surface area contributed by atoms with E-state index in [1.165, 1.54) is 0 Å². The second-order valence-electron chi connectivity index (χ2n) is 4.76. The molecule has 0 bridgehead atoms. The average molecular weight is 233 g/mol. The largest absolute Gasteiger partial charge is 0.389 e. The summed E-state index contributed by atoms with van der Waals surface area (Å²) >= 11 is 0. The molecule has 0 aromatic carbocycles. The molecule has 1 N–H and O–H groups in total. The van der Waals surface area contributed by atoms with Crippen LogP contribution in [0.15, 0.2) is 12.1 Å². The second-order valence-corrected chi connectivity index (χ2v) is 4.76. The van der Waals surface area contributed by atoms with Gasteiger partial charge in [0.05, 0.1) is 11.2 Å². The molecule has 0 atom stereocenters. The van der Waals surface area contributed by atoms with E-state index in [0.29, 0.717) is 24.5 Å². The number of hydrogen-bond donors (Lipinski definition) is 1. The minimum atomic E-state index is -0.811. The number of nitrogens with zero attached hydrogens (tertiary/aromatic N) is 3. The number of nitriles is 1. The molecule has 92 valence electrons. The SMILES string of the molecule is CCN(CC(C)(C)O)c1nc(C)ccc1C#N. The summed E-state index contributed by atoms with van der Waals surface area (Å²) in [7, 11) is 0. The van der Waals surface area contributed by atoms with Crippen molar-refractivity contribution >= 4 is 5.82 Å². The number of hydrogen-bond acceptors (Lipinski definition) is 4. The molecule has 0 unspecified atom stereocenters. The van der Waals surface area contributed by atoms with Crippen molar-refractivity contribution in [3.63, 3.8) is 0 Å². The lowest BCUT2D eigenvalue weighted by atomic mass is 10.1. The monoisotopic (exact) mass is 233 g/mol. The van der Waals surface area contributed by atoms with Crippen molar-refractivity contribution in [3.05, 3.63) is 23.4 Å². The summed E-state index contributed by atoms with van der Waals surface area (Å²) in [6, 6.07) is 5.73. The number of rotatable bonds is 4. The van der Waals surface area contributed by atoms with Gasteiger partial charge >= 0.3 is 0 Å². The lowest BCUT2D eigenvalue weighted by Gasteiger charge is -2.29. The van der Waals surface area contributed by atoms with Crippen LogP contribution < -0.4 is 4.90 Å². The van der Waals surface area contributed by atoms with Crippen molar-refractivity contribution in [2.75, 3.05) is 18.0 Å². The lowest BCUT2D eigenvalue weighted by molar-refractivity contribution is 0.0874. The average Bonchev–Trinajstić information content (AvgIpc) is 2.24. The summed E-state index contributed by atoms with van der Waals surface area (Å²) in [6.07, 6.45) is 0. The van der Waals surface area contributed by atoms with Crippen LogP contribution in [0.5, 0.6) is 0 Å². The van der Waals surface area contributed by atoms with Gasteiger partial charge in [-0.15, -0.1) is 0 Å². The van der Waals surface area contributed by atoms with Crippen LogP contribution in [0.25, 0.3) is 0 Å². The molecule has 0 fully saturated rings. The zero-order chi connectivity index (χ0) is 13.1. The van der Waals surface area contributed by atoms with Gasteiger partial charge in [-0.2, -0.15) is 5.26 Å². The van der Waals surface area contributed by atoms with Crippen molar-refractivity contribution in [1.82, 2.24) is 4.98 Å². The van der Waals surface area contributed by atoms with Gasteiger partial charge in [0, 0.05) is 18.8 Å². The third-order valence-corrected chi connectivity index (χ3v) is 2.39. The smallest absolute Gasteiger partial charge is 0.146 e. The zero-order valence-corrected chi connectivity index (χ0v) is 10.9. The molecule has 1 heterocycles. The predicted octanol–water partition coefficient (Wildman–Crippen LogP) is 1.86. The Morgan fingerprint density at radius 3 is 2.59 bits per heavy atom. The molecule has 1 aromatic heterocycles. The third-order valence-electron chi connectivity index (χ3n) is 2.39. The van der Waals surface area contributed by atoms with Gasteiger partial charge in [0.2, 0.25) is 0 Å². The van der Waals surface area contributed by atoms with Gasteiger partial charge in [0.1, 0.15) is 11.9 Å². The molecule has 1 rings (SSSR count). The Labute approximate surface area is 103 Å². The van der Waals surface area contributed by atoms with Crippen molar-refractivity contribution < 1.29 is 5.11 Å². The molecule has 0 saturated heterocycles. The molecule has 1 aromatic rings. The lowest BCUT2D eigenvalue weighted by Crippen LogP contribution is -2.39. The van der Waals surface area contributed by atoms with Crippen molar-refractivity contribution in [1.29, 1.82) is 5.26 Å². The fourth-order valence-electron chi connectivity index (χ4n) is 1.67. The summed E-state index contributed by atoms with van der Waals surface area (Å²) in [4.78, 5) is 6.31. The zero-order valence-electron chi connectivity index (χ0n) is 10.9. The van der Waals surface area contributed by atoms with Gasteiger partial charge in [-0.25, -0.2) is 4.98 Å². The van der Waals surface area contributed by atoms with Gasteiger partial charge in [0.15, 0.2) is 0 Å². The Hall–Kier alpha value is -1.60. The maximum atomic E-state index is 9.86. The second kappa shape index (κ2) is 5.15. The van der Waals surface area contributed by atoms with Gasteiger partial charge in [-0.3, -0.25) is 0 Å². The molecule has 0 aliphatic carbocycles. The van der Waals surface area contributed by atoms with Crippen LogP contribution in [0.3, 0.4) is 0 Å². The molecule has 0 amide bonds. The Balaban J connectivity index is 3.11. The van der Waals surface area contributed by atoms with E-state index >= 15 is 0 Å². The highest BCUT2D eigenvalue weighted by atomic mass is 16.3. The summed E-state index contributed by atoms with van der Waals surface area (Å²) in [6.45, 7) is 8.53. The van der Waals surface area contributed by atoms with E-state index in [2.05, 4.69) is 11.1 Å². The van der Waals surface area contributed by atoms with E-state index in [9.17, 15) is 5.11 Å². The molecule has 4 heteroatoms. The van der Waals surface area contributed by atoms with Gasteiger partial charge < -0.3 is 10.0 Å². The molecule has 4 nitrogen and oxygen atoms in total. The molecule has 17 heavy (non-hydrogen) atoms. The molecule has 0 aliphatic rings. The summed E-state index contributed by atoms with van der Waals surface area (Å²) in [5.74, 6) is 0.650. The van der Waals surface area contributed by atoms with Gasteiger partial charge in [-0.1, -0.05) is 0 Å². The maximum absolute atomic E-state index is 9.86. The van der Waals surface area contributed by atoms with Crippen molar-refractivity contribution in [2.45, 2.75) is 33.3 Å². The van der Waals surface area contributed by atoms with Gasteiger partial charge in [0.25, 0.3) is 0 Å². The standard InChI is InChI=1S/C13H19N3O/c1-5-16(9-13(3,4)17)12-11(8-14)7-6-10(2)15-12/h6-7,17H,5,9H2,1-4H3. The van der Waals surface area contributed by atoms with E-state index in [0.717, 1.165) is 5.69 Å². The fraction of sp³-hybridized carbons (Fsp3) is 0.538. The minimum absolute atomic E-state index is 0.453.